The second-order valence-electron chi connectivity index (χ2n) is 8.54. The van der Waals surface area contributed by atoms with Crippen LogP contribution in [0.2, 0.25) is 0 Å². The number of carboxylic acid groups (broad SMARTS) is 1. The van der Waals surface area contributed by atoms with Crippen molar-refractivity contribution in [3.8, 4) is 11.1 Å². The maximum Gasteiger partial charge on any atom is 0.331 e. The Labute approximate surface area is 196 Å². The highest BCUT2D eigenvalue weighted by molar-refractivity contribution is 5.81. The monoisotopic (exact) mass is 455 g/mol. The average molecular weight is 456 g/mol. The van der Waals surface area contributed by atoms with E-state index >= 15 is 0 Å². The minimum Gasteiger partial charge on any atom is -0.479 e. The smallest absolute Gasteiger partial charge is 0.331 e. The van der Waals surface area contributed by atoms with Gasteiger partial charge in [0.25, 0.3) is 5.56 Å². The molecule has 1 saturated heterocycles. The SMILES string of the molecule is CN1CCN(c2ccc(-c3cnc4ncn(C(C(=O)O)c5ccccc5)c(=O)c4c3)cc2)CC1. The molecule has 0 spiro atoms. The fourth-order valence-electron chi connectivity index (χ4n) is 4.35. The molecule has 0 bridgehead atoms. The van der Waals surface area contributed by atoms with Gasteiger partial charge in [-0.3, -0.25) is 9.36 Å². The Morgan fingerprint density at radius 2 is 1.65 bits per heavy atom. The number of piperazine rings is 1. The lowest BCUT2D eigenvalue weighted by molar-refractivity contribution is -0.139. The molecule has 2 aromatic carbocycles. The lowest BCUT2D eigenvalue weighted by atomic mass is 10.1. The first-order valence-electron chi connectivity index (χ1n) is 11.2. The molecule has 4 aromatic rings. The number of aliphatic carboxylic acids is 1. The zero-order valence-corrected chi connectivity index (χ0v) is 18.8. The van der Waals surface area contributed by atoms with Crippen molar-refractivity contribution >= 4 is 22.7 Å². The quantitative estimate of drug-likeness (QED) is 0.495. The summed E-state index contributed by atoms with van der Waals surface area (Å²) < 4.78 is 1.15. The Bertz CT molecular complexity index is 1380. The molecule has 0 radical (unpaired) electrons. The molecule has 0 saturated carbocycles. The molecular formula is C26H25N5O3. The van der Waals surface area contributed by atoms with E-state index in [1.54, 1.807) is 42.6 Å². The Balaban J connectivity index is 1.50. The van der Waals surface area contributed by atoms with E-state index in [2.05, 4.69) is 38.9 Å². The molecular weight excluding hydrogens is 430 g/mol. The van der Waals surface area contributed by atoms with Crippen molar-refractivity contribution in [2.24, 2.45) is 0 Å². The highest BCUT2D eigenvalue weighted by Gasteiger charge is 2.24. The molecule has 5 rings (SSSR count). The minimum absolute atomic E-state index is 0.283. The Kier molecular flexibility index (Phi) is 5.81. The van der Waals surface area contributed by atoms with Gasteiger partial charge in [0.1, 0.15) is 6.33 Å². The number of benzene rings is 2. The first-order valence-corrected chi connectivity index (χ1v) is 11.2. The summed E-state index contributed by atoms with van der Waals surface area (Å²) in [6.07, 6.45) is 2.95. The number of nitrogens with zero attached hydrogens (tertiary/aromatic N) is 5. The molecule has 0 aliphatic carbocycles. The number of fused-ring (bicyclic) bond motifs is 1. The van der Waals surface area contributed by atoms with Gasteiger partial charge in [-0.15, -0.1) is 0 Å². The van der Waals surface area contributed by atoms with Crippen LogP contribution in [0.3, 0.4) is 0 Å². The van der Waals surface area contributed by atoms with E-state index in [-0.39, 0.29) is 11.0 Å². The standard InChI is InChI=1S/C26H25N5O3/c1-29-11-13-30(14-12-29)21-9-7-18(8-10-21)20-15-22-24(27-16-20)28-17-31(25(22)32)23(26(33)34)19-5-3-2-4-6-19/h2-10,15-17,23H,11-14H2,1H3,(H,33,34). The van der Waals surface area contributed by atoms with Crippen LogP contribution in [-0.2, 0) is 4.79 Å². The number of carbonyl (C=O) groups is 1. The summed E-state index contributed by atoms with van der Waals surface area (Å²) in [6, 6.07) is 17.5. The molecule has 1 aliphatic rings. The van der Waals surface area contributed by atoms with Crippen LogP contribution >= 0.6 is 0 Å². The molecule has 1 aliphatic heterocycles. The van der Waals surface area contributed by atoms with Crippen molar-refractivity contribution in [1.29, 1.82) is 0 Å². The van der Waals surface area contributed by atoms with Crippen molar-refractivity contribution in [3.63, 3.8) is 0 Å². The van der Waals surface area contributed by atoms with Crippen LogP contribution in [0.5, 0.6) is 0 Å². The van der Waals surface area contributed by atoms with Crippen LogP contribution in [0.25, 0.3) is 22.2 Å². The number of aromatic nitrogens is 3. The van der Waals surface area contributed by atoms with E-state index < -0.39 is 17.6 Å². The summed E-state index contributed by atoms with van der Waals surface area (Å²) in [7, 11) is 2.13. The summed E-state index contributed by atoms with van der Waals surface area (Å²) in [6.45, 7) is 4.06. The van der Waals surface area contributed by atoms with Crippen LogP contribution < -0.4 is 10.5 Å². The topological polar surface area (TPSA) is 91.6 Å². The maximum absolute atomic E-state index is 13.3. The van der Waals surface area contributed by atoms with Crippen molar-refractivity contribution in [3.05, 3.63) is 89.1 Å². The molecule has 8 heteroatoms. The number of likely N-dealkylation sites (N-methyl/N-ethyl adjacent to an activating group) is 1. The second kappa shape index (κ2) is 9.07. The highest BCUT2D eigenvalue weighted by atomic mass is 16.4. The van der Waals surface area contributed by atoms with Crippen LogP contribution in [0.1, 0.15) is 11.6 Å². The summed E-state index contributed by atoms with van der Waals surface area (Å²) in [5.41, 5.74) is 3.23. The van der Waals surface area contributed by atoms with E-state index in [0.29, 0.717) is 5.56 Å². The molecule has 1 fully saturated rings. The third-order valence-corrected chi connectivity index (χ3v) is 6.33. The van der Waals surface area contributed by atoms with Crippen molar-refractivity contribution in [1.82, 2.24) is 19.4 Å². The maximum atomic E-state index is 13.3. The lowest BCUT2D eigenvalue weighted by Gasteiger charge is -2.34. The van der Waals surface area contributed by atoms with Gasteiger partial charge in [0.15, 0.2) is 11.7 Å². The summed E-state index contributed by atoms with van der Waals surface area (Å²) in [5, 5.41) is 10.1. The fraction of sp³-hybridized carbons (Fsp3) is 0.231. The fourth-order valence-corrected chi connectivity index (χ4v) is 4.35. The zero-order chi connectivity index (χ0) is 23.7. The second-order valence-corrected chi connectivity index (χ2v) is 8.54. The molecule has 8 nitrogen and oxygen atoms in total. The third-order valence-electron chi connectivity index (χ3n) is 6.33. The number of pyridine rings is 1. The van der Waals surface area contributed by atoms with Gasteiger partial charge in [0.2, 0.25) is 0 Å². The van der Waals surface area contributed by atoms with E-state index in [1.165, 1.54) is 12.0 Å². The number of hydrogen-bond acceptors (Lipinski definition) is 6. The van der Waals surface area contributed by atoms with Crippen LogP contribution in [0, 0.1) is 0 Å². The van der Waals surface area contributed by atoms with E-state index in [1.807, 2.05) is 12.1 Å². The van der Waals surface area contributed by atoms with Crippen molar-refractivity contribution < 1.29 is 9.90 Å². The Morgan fingerprint density at radius 1 is 0.941 bits per heavy atom. The predicted octanol–water partition coefficient (Wildman–Crippen LogP) is 2.88. The first kappa shape index (κ1) is 21.8. The van der Waals surface area contributed by atoms with E-state index in [4.69, 9.17) is 0 Å². The number of rotatable bonds is 5. The van der Waals surface area contributed by atoms with Gasteiger partial charge in [-0.25, -0.2) is 14.8 Å². The van der Waals surface area contributed by atoms with Crippen molar-refractivity contribution in [2.45, 2.75) is 6.04 Å². The predicted molar refractivity (Wildman–Crippen MR) is 131 cm³/mol. The van der Waals surface area contributed by atoms with Gasteiger partial charge in [-0.05, 0) is 36.4 Å². The molecule has 3 heterocycles. The third kappa shape index (κ3) is 4.15. The number of carboxylic acids is 1. The number of hydrogen-bond donors (Lipinski definition) is 1. The molecule has 0 amide bonds. The van der Waals surface area contributed by atoms with Crippen LogP contribution in [-0.4, -0.2) is 63.7 Å². The Hall–Kier alpha value is -4.04. The van der Waals surface area contributed by atoms with Gasteiger partial charge in [-0.2, -0.15) is 0 Å². The number of anilines is 1. The van der Waals surface area contributed by atoms with E-state index in [9.17, 15) is 14.7 Å². The molecule has 2 aromatic heterocycles. The molecule has 1 N–H and O–H groups in total. The van der Waals surface area contributed by atoms with Gasteiger partial charge >= 0.3 is 5.97 Å². The van der Waals surface area contributed by atoms with Crippen LogP contribution in [0.15, 0.2) is 78.0 Å². The summed E-state index contributed by atoms with van der Waals surface area (Å²) >= 11 is 0. The van der Waals surface area contributed by atoms with Gasteiger partial charge in [0.05, 0.1) is 5.39 Å². The lowest BCUT2D eigenvalue weighted by Crippen LogP contribution is -2.44. The van der Waals surface area contributed by atoms with Crippen molar-refractivity contribution in [2.75, 3.05) is 38.1 Å². The molecule has 172 valence electrons. The molecule has 1 atom stereocenters. The minimum atomic E-state index is -1.17. The summed E-state index contributed by atoms with van der Waals surface area (Å²) in [5.74, 6) is -1.13. The normalized spacial score (nSPS) is 15.4. The van der Waals surface area contributed by atoms with Crippen LogP contribution in [0.4, 0.5) is 5.69 Å². The first-order chi connectivity index (χ1) is 16.5. The Morgan fingerprint density at radius 3 is 2.32 bits per heavy atom. The summed E-state index contributed by atoms with van der Waals surface area (Å²) in [4.78, 5) is 38.7. The highest BCUT2D eigenvalue weighted by Crippen LogP contribution is 2.25. The molecule has 1 unspecified atom stereocenters. The average Bonchev–Trinajstić information content (AvgIpc) is 2.87. The van der Waals surface area contributed by atoms with Gasteiger partial charge < -0.3 is 14.9 Å². The largest absolute Gasteiger partial charge is 0.479 e. The van der Waals surface area contributed by atoms with Gasteiger partial charge in [-0.1, -0.05) is 42.5 Å². The van der Waals surface area contributed by atoms with Gasteiger partial charge in [0, 0.05) is 43.6 Å². The zero-order valence-electron chi connectivity index (χ0n) is 18.8. The van der Waals surface area contributed by atoms with E-state index in [0.717, 1.165) is 41.9 Å². The molecule has 34 heavy (non-hydrogen) atoms.